The number of ketones is 1. The molecule has 2 rings (SSSR count). The Bertz CT molecular complexity index is 613. The second kappa shape index (κ2) is 5.07. The first-order valence-corrected chi connectivity index (χ1v) is 6.11. The number of thiazole rings is 1. The van der Waals surface area contributed by atoms with Gasteiger partial charge in [0, 0.05) is 16.6 Å². The van der Waals surface area contributed by atoms with Crippen molar-refractivity contribution in [3.8, 4) is 6.07 Å². The molecule has 0 bridgehead atoms. The summed E-state index contributed by atoms with van der Waals surface area (Å²) < 4.78 is 12.8. The van der Waals surface area contributed by atoms with Gasteiger partial charge in [-0.15, -0.1) is 11.3 Å². The zero-order chi connectivity index (χ0) is 13.1. The van der Waals surface area contributed by atoms with Gasteiger partial charge >= 0.3 is 0 Å². The molecular formula is C13H9FN2OS. The van der Waals surface area contributed by atoms with Crippen molar-refractivity contribution in [1.82, 2.24) is 4.98 Å². The molecule has 0 saturated heterocycles. The maximum absolute atomic E-state index is 12.8. The van der Waals surface area contributed by atoms with E-state index in [-0.39, 0.29) is 5.78 Å². The van der Waals surface area contributed by atoms with Crippen LogP contribution in [0, 0.1) is 24.1 Å². The maximum Gasteiger partial charge on any atom is 0.186 e. The van der Waals surface area contributed by atoms with Crippen molar-refractivity contribution >= 4 is 17.1 Å². The fourth-order valence-electron chi connectivity index (χ4n) is 1.51. The number of aromatic nitrogens is 1. The van der Waals surface area contributed by atoms with E-state index >= 15 is 0 Å². The number of hydrogen-bond donors (Lipinski definition) is 0. The molecule has 0 fully saturated rings. The number of nitrogens with zero attached hydrogens (tertiary/aromatic N) is 2. The molecule has 2 aromatic rings. The lowest BCUT2D eigenvalue weighted by atomic mass is 9.99. The van der Waals surface area contributed by atoms with Gasteiger partial charge in [-0.2, -0.15) is 5.26 Å². The summed E-state index contributed by atoms with van der Waals surface area (Å²) in [6, 6.07) is 7.11. The molecule has 1 aromatic heterocycles. The zero-order valence-corrected chi connectivity index (χ0v) is 10.4. The highest BCUT2D eigenvalue weighted by molar-refractivity contribution is 7.10. The van der Waals surface area contributed by atoms with E-state index in [2.05, 4.69) is 4.98 Å². The van der Waals surface area contributed by atoms with Gasteiger partial charge in [0.25, 0.3) is 0 Å². The summed E-state index contributed by atoms with van der Waals surface area (Å²) in [6.07, 6.45) is 0. The number of carbonyl (C=O) groups excluding carboxylic acids is 1. The van der Waals surface area contributed by atoms with Crippen LogP contribution in [0.3, 0.4) is 0 Å². The third-order valence-corrected chi connectivity index (χ3v) is 3.43. The van der Waals surface area contributed by atoms with Crippen LogP contribution in [0.25, 0.3) is 0 Å². The van der Waals surface area contributed by atoms with Gasteiger partial charge in [0.15, 0.2) is 11.7 Å². The minimum absolute atomic E-state index is 0.316. The summed E-state index contributed by atoms with van der Waals surface area (Å²) in [5.74, 6) is -1.69. The Hall–Kier alpha value is -2.06. The first-order chi connectivity index (χ1) is 8.61. The largest absolute Gasteiger partial charge is 0.292 e. The molecule has 0 aliphatic carbocycles. The number of carbonyl (C=O) groups is 1. The topological polar surface area (TPSA) is 53.8 Å². The predicted octanol–water partition coefficient (Wildman–Crippen LogP) is 3.08. The van der Waals surface area contributed by atoms with E-state index in [4.69, 9.17) is 5.26 Å². The molecule has 0 saturated carbocycles. The van der Waals surface area contributed by atoms with Gasteiger partial charge in [-0.05, 0) is 31.2 Å². The standard InChI is InChI=1S/C13H9FN2OS/c1-8-7-18-13(16-8)11(6-15)12(17)9-2-4-10(14)5-3-9/h2-5,7,11H,1H3. The lowest BCUT2D eigenvalue weighted by Gasteiger charge is -2.04. The molecule has 0 radical (unpaired) electrons. The molecule has 1 aromatic carbocycles. The Morgan fingerprint density at radius 3 is 2.61 bits per heavy atom. The molecule has 0 aliphatic heterocycles. The molecule has 5 heteroatoms. The molecule has 3 nitrogen and oxygen atoms in total. The first-order valence-electron chi connectivity index (χ1n) is 5.23. The molecule has 1 unspecified atom stereocenters. The smallest absolute Gasteiger partial charge is 0.186 e. The van der Waals surface area contributed by atoms with Crippen LogP contribution in [-0.4, -0.2) is 10.8 Å². The molecule has 1 heterocycles. The van der Waals surface area contributed by atoms with Crippen LogP contribution in [0.15, 0.2) is 29.6 Å². The zero-order valence-electron chi connectivity index (χ0n) is 9.55. The van der Waals surface area contributed by atoms with Crippen molar-refractivity contribution in [1.29, 1.82) is 5.26 Å². The highest BCUT2D eigenvalue weighted by Crippen LogP contribution is 2.23. The van der Waals surface area contributed by atoms with Crippen molar-refractivity contribution in [2.24, 2.45) is 0 Å². The van der Waals surface area contributed by atoms with Crippen LogP contribution in [0.2, 0.25) is 0 Å². The van der Waals surface area contributed by atoms with E-state index in [0.29, 0.717) is 10.6 Å². The van der Waals surface area contributed by atoms with Crippen molar-refractivity contribution in [3.05, 3.63) is 51.7 Å². The van der Waals surface area contributed by atoms with Gasteiger partial charge in [0.2, 0.25) is 0 Å². The number of rotatable bonds is 3. The molecule has 18 heavy (non-hydrogen) atoms. The summed E-state index contributed by atoms with van der Waals surface area (Å²) in [5.41, 5.74) is 1.10. The number of aryl methyl sites for hydroxylation is 1. The average molecular weight is 260 g/mol. The molecule has 0 spiro atoms. The summed E-state index contributed by atoms with van der Waals surface area (Å²) in [7, 11) is 0. The Balaban J connectivity index is 2.32. The predicted molar refractivity (Wildman–Crippen MR) is 65.9 cm³/mol. The van der Waals surface area contributed by atoms with Crippen LogP contribution in [0.4, 0.5) is 4.39 Å². The molecule has 0 aliphatic rings. The van der Waals surface area contributed by atoms with E-state index in [9.17, 15) is 9.18 Å². The minimum atomic E-state index is -0.922. The normalized spacial score (nSPS) is 11.8. The lowest BCUT2D eigenvalue weighted by Crippen LogP contribution is -2.11. The second-order valence-electron chi connectivity index (χ2n) is 3.76. The first kappa shape index (κ1) is 12.4. The van der Waals surface area contributed by atoms with Gasteiger partial charge in [-0.25, -0.2) is 9.37 Å². The SMILES string of the molecule is Cc1csc(C(C#N)C(=O)c2ccc(F)cc2)n1. The number of benzene rings is 1. The van der Waals surface area contributed by atoms with Crippen LogP contribution in [-0.2, 0) is 0 Å². The van der Waals surface area contributed by atoms with Gasteiger partial charge in [0.1, 0.15) is 10.8 Å². The third kappa shape index (κ3) is 2.44. The second-order valence-corrected chi connectivity index (χ2v) is 4.65. The molecule has 0 N–H and O–H groups in total. The van der Waals surface area contributed by atoms with E-state index in [0.717, 1.165) is 5.69 Å². The maximum atomic E-state index is 12.8. The Morgan fingerprint density at radius 1 is 1.44 bits per heavy atom. The van der Waals surface area contributed by atoms with Gasteiger partial charge in [-0.1, -0.05) is 0 Å². The summed E-state index contributed by atoms with van der Waals surface area (Å²) in [6.45, 7) is 1.80. The fourth-order valence-corrected chi connectivity index (χ4v) is 2.35. The monoisotopic (exact) mass is 260 g/mol. The highest BCUT2D eigenvalue weighted by atomic mass is 32.1. The quantitative estimate of drug-likeness (QED) is 0.797. The van der Waals surface area contributed by atoms with E-state index < -0.39 is 11.7 Å². The summed E-state index contributed by atoms with van der Waals surface area (Å²) >= 11 is 1.28. The minimum Gasteiger partial charge on any atom is -0.292 e. The summed E-state index contributed by atoms with van der Waals surface area (Å²) in [4.78, 5) is 16.3. The van der Waals surface area contributed by atoms with E-state index in [1.807, 2.05) is 6.07 Å². The van der Waals surface area contributed by atoms with Crippen LogP contribution in [0.5, 0.6) is 0 Å². The number of halogens is 1. The summed E-state index contributed by atoms with van der Waals surface area (Å²) in [5, 5.41) is 11.4. The Morgan fingerprint density at radius 2 is 2.11 bits per heavy atom. The highest BCUT2D eigenvalue weighted by Gasteiger charge is 2.24. The fraction of sp³-hybridized carbons (Fsp3) is 0.154. The number of hydrogen-bond acceptors (Lipinski definition) is 4. The van der Waals surface area contributed by atoms with Crippen LogP contribution < -0.4 is 0 Å². The van der Waals surface area contributed by atoms with Crippen LogP contribution >= 0.6 is 11.3 Å². The van der Waals surface area contributed by atoms with Gasteiger partial charge in [-0.3, -0.25) is 4.79 Å². The van der Waals surface area contributed by atoms with Crippen molar-refractivity contribution < 1.29 is 9.18 Å². The van der Waals surface area contributed by atoms with E-state index in [1.165, 1.54) is 35.6 Å². The van der Waals surface area contributed by atoms with E-state index in [1.54, 1.807) is 12.3 Å². The Kier molecular flexibility index (Phi) is 3.49. The van der Waals surface area contributed by atoms with Gasteiger partial charge < -0.3 is 0 Å². The average Bonchev–Trinajstić information content (AvgIpc) is 2.77. The molecular weight excluding hydrogens is 251 g/mol. The number of nitriles is 1. The molecule has 1 atom stereocenters. The molecule has 0 amide bonds. The Labute approximate surface area is 108 Å². The molecule has 90 valence electrons. The number of Topliss-reactive ketones (excluding diaryl/α,β-unsaturated/α-hetero) is 1. The van der Waals surface area contributed by atoms with Crippen LogP contribution in [0.1, 0.15) is 27.0 Å². The van der Waals surface area contributed by atoms with Crippen molar-refractivity contribution in [3.63, 3.8) is 0 Å². The van der Waals surface area contributed by atoms with Crippen molar-refractivity contribution in [2.45, 2.75) is 12.8 Å². The van der Waals surface area contributed by atoms with Crippen molar-refractivity contribution in [2.75, 3.05) is 0 Å². The third-order valence-electron chi connectivity index (χ3n) is 2.40. The lowest BCUT2D eigenvalue weighted by molar-refractivity contribution is 0.0978. The van der Waals surface area contributed by atoms with Gasteiger partial charge in [0.05, 0.1) is 6.07 Å².